The van der Waals surface area contributed by atoms with Crippen molar-refractivity contribution >= 4 is 28.7 Å². The van der Waals surface area contributed by atoms with Crippen molar-refractivity contribution in [3.05, 3.63) is 54.1 Å². The third kappa shape index (κ3) is 3.96. The lowest BCUT2D eigenvalue weighted by Crippen LogP contribution is -2.19. The Hall–Kier alpha value is -2.07. The third-order valence-electron chi connectivity index (χ3n) is 2.71. The number of nitrogens with one attached hydrogen (secondary N) is 2. The molecule has 0 atom stereocenters. The van der Waals surface area contributed by atoms with Gasteiger partial charge >= 0.3 is 0 Å². The highest BCUT2D eigenvalue weighted by Gasteiger charge is 2.04. The molecule has 0 amide bonds. The van der Waals surface area contributed by atoms with E-state index in [2.05, 4.69) is 10.6 Å². The van der Waals surface area contributed by atoms with E-state index in [9.17, 15) is 0 Å². The molecule has 0 aliphatic heterocycles. The van der Waals surface area contributed by atoms with E-state index in [1.54, 1.807) is 0 Å². The van der Waals surface area contributed by atoms with Crippen LogP contribution in [-0.2, 0) is 0 Å². The minimum absolute atomic E-state index is 0.544. The first-order valence-electron chi connectivity index (χ1n) is 6.55. The molecule has 0 radical (unpaired) electrons. The molecule has 0 heterocycles. The molecule has 0 bridgehead atoms. The van der Waals surface area contributed by atoms with Crippen molar-refractivity contribution in [2.75, 3.05) is 17.2 Å². The van der Waals surface area contributed by atoms with Crippen LogP contribution < -0.4 is 15.4 Å². The van der Waals surface area contributed by atoms with Crippen LogP contribution in [0.1, 0.15) is 12.5 Å². The Kier molecular flexibility index (Phi) is 4.96. The molecular formula is C16H18N2OS. The molecule has 0 fully saturated rings. The van der Waals surface area contributed by atoms with Crippen molar-refractivity contribution in [3.8, 4) is 5.75 Å². The molecular weight excluding hydrogens is 268 g/mol. The van der Waals surface area contributed by atoms with E-state index in [0.717, 1.165) is 17.1 Å². The van der Waals surface area contributed by atoms with Crippen molar-refractivity contribution in [1.82, 2.24) is 0 Å². The van der Waals surface area contributed by atoms with Crippen LogP contribution in [0.25, 0.3) is 0 Å². The molecule has 2 rings (SSSR count). The molecule has 2 aromatic carbocycles. The van der Waals surface area contributed by atoms with Crippen LogP contribution in [0.3, 0.4) is 0 Å². The minimum atomic E-state index is 0.544. The van der Waals surface area contributed by atoms with E-state index in [4.69, 9.17) is 17.0 Å². The summed E-state index contributed by atoms with van der Waals surface area (Å²) >= 11 is 5.33. The smallest absolute Gasteiger partial charge is 0.175 e. The first kappa shape index (κ1) is 14.3. The topological polar surface area (TPSA) is 33.3 Å². The van der Waals surface area contributed by atoms with Gasteiger partial charge < -0.3 is 15.4 Å². The average molecular weight is 286 g/mol. The number of benzene rings is 2. The van der Waals surface area contributed by atoms with E-state index in [-0.39, 0.29) is 0 Å². The summed E-state index contributed by atoms with van der Waals surface area (Å²) in [6.07, 6.45) is 0. The monoisotopic (exact) mass is 286 g/mol. The van der Waals surface area contributed by atoms with Gasteiger partial charge in [0.05, 0.1) is 12.3 Å². The Labute approximate surface area is 125 Å². The Bertz CT molecular complexity index is 599. The molecule has 20 heavy (non-hydrogen) atoms. The van der Waals surface area contributed by atoms with Gasteiger partial charge in [0.1, 0.15) is 5.75 Å². The lowest BCUT2D eigenvalue weighted by Gasteiger charge is -2.14. The largest absolute Gasteiger partial charge is 0.492 e. The Morgan fingerprint density at radius 3 is 2.65 bits per heavy atom. The van der Waals surface area contributed by atoms with Crippen molar-refractivity contribution in [3.63, 3.8) is 0 Å². The van der Waals surface area contributed by atoms with Crippen molar-refractivity contribution < 1.29 is 4.74 Å². The number of ether oxygens (including phenoxy) is 1. The van der Waals surface area contributed by atoms with Crippen LogP contribution in [0, 0.1) is 6.92 Å². The highest BCUT2D eigenvalue weighted by atomic mass is 32.1. The maximum atomic E-state index is 5.56. The van der Waals surface area contributed by atoms with Gasteiger partial charge in [0.15, 0.2) is 5.11 Å². The van der Waals surface area contributed by atoms with E-state index in [0.29, 0.717) is 11.7 Å². The second kappa shape index (κ2) is 6.91. The van der Waals surface area contributed by atoms with Gasteiger partial charge in [-0.15, -0.1) is 0 Å². The zero-order valence-electron chi connectivity index (χ0n) is 11.6. The quantitative estimate of drug-likeness (QED) is 0.825. The summed E-state index contributed by atoms with van der Waals surface area (Å²) in [5.74, 6) is 0.795. The second-order valence-electron chi connectivity index (χ2n) is 4.38. The number of hydrogen-bond acceptors (Lipinski definition) is 2. The number of para-hydroxylation sites is 2. The molecule has 4 heteroatoms. The van der Waals surface area contributed by atoms with Gasteiger partial charge in [0, 0.05) is 5.69 Å². The molecule has 2 aromatic rings. The van der Waals surface area contributed by atoms with E-state index in [1.165, 1.54) is 5.56 Å². The van der Waals surface area contributed by atoms with Crippen molar-refractivity contribution in [2.24, 2.45) is 0 Å². The van der Waals surface area contributed by atoms with Crippen molar-refractivity contribution in [1.29, 1.82) is 0 Å². The highest BCUT2D eigenvalue weighted by Crippen LogP contribution is 2.23. The lowest BCUT2D eigenvalue weighted by atomic mass is 10.2. The fraction of sp³-hybridized carbons (Fsp3) is 0.188. The summed E-state index contributed by atoms with van der Waals surface area (Å²) in [7, 11) is 0. The molecule has 0 aliphatic carbocycles. The fourth-order valence-corrected chi connectivity index (χ4v) is 2.09. The van der Waals surface area contributed by atoms with Crippen LogP contribution >= 0.6 is 12.2 Å². The van der Waals surface area contributed by atoms with Gasteiger partial charge in [-0.3, -0.25) is 0 Å². The van der Waals surface area contributed by atoms with E-state index >= 15 is 0 Å². The normalized spacial score (nSPS) is 9.90. The molecule has 0 spiro atoms. The summed E-state index contributed by atoms with van der Waals surface area (Å²) in [6, 6.07) is 15.8. The van der Waals surface area contributed by atoms with Crippen LogP contribution in [0.4, 0.5) is 11.4 Å². The molecule has 0 unspecified atom stereocenters. The minimum Gasteiger partial charge on any atom is -0.492 e. The number of thiocarbonyl (C=S) groups is 1. The van der Waals surface area contributed by atoms with Crippen LogP contribution in [0.5, 0.6) is 5.75 Å². The van der Waals surface area contributed by atoms with E-state index in [1.807, 2.05) is 62.4 Å². The predicted octanol–water partition coefficient (Wildman–Crippen LogP) is 4.20. The summed E-state index contributed by atoms with van der Waals surface area (Å²) in [5.41, 5.74) is 3.02. The fourth-order valence-electron chi connectivity index (χ4n) is 1.86. The van der Waals surface area contributed by atoms with Crippen LogP contribution in [0.15, 0.2) is 48.5 Å². The van der Waals surface area contributed by atoms with Gasteiger partial charge in [-0.05, 0) is 55.9 Å². The number of anilines is 2. The predicted molar refractivity (Wildman–Crippen MR) is 88.6 cm³/mol. The summed E-state index contributed by atoms with van der Waals surface area (Å²) in [6.45, 7) is 4.63. The number of rotatable bonds is 4. The van der Waals surface area contributed by atoms with Crippen molar-refractivity contribution in [2.45, 2.75) is 13.8 Å². The van der Waals surface area contributed by atoms with Crippen LogP contribution in [-0.4, -0.2) is 11.7 Å². The molecule has 0 aliphatic rings. The Morgan fingerprint density at radius 1 is 1.10 bits per heavy atom. The van der Waals surface area contributed by atoms with Gasteiger partial charge in [-0.25, -0.2) is 0 Å². The maximum absolute atomic E-state index is 5.56. The second-order valence-corrected chi connectivity index (χ2v) is 4.79. The SMILES string of the molecule is CCOc1ccccc1NC(=S)Nc1cccc(C)c1. The maximum Gasteiger partial charge on any atom is 0.175 e. The van der Waals surface area contributed by atoms with Gasteiger partial charge in [0.25, 0.3) is 0 Å². The van der Waals surface area contributed by atoms with Gasteiger partial charge in [-0.1, -0.05) is 24.3 Å². The molecule has 104 valence electrons. The number of aryl methyl sites for hydroxylation is 1. The zero-order valence-corrected chi connectivity index (χ0v) is 12.5. The molecule has 3 nitrogen and oxygen atoms in total. The summed E-state index contributed by atoms with van der Waals surface area (Å²) in [5, 5.41) is 6.87. The van der Waals surface area contributed by atoms with Gasteiger partial charge in [-0.2, -0.15) is 0 Å². The summed E-state index contributed by atoms with van der Waals surface area (Å²) in [4.78, 5) is 0. The first-order chi connectivity index (χ1) is 9.69. The molecule has 0 saturated heterocycles. The number of hydrogen-bond donors (Lipinski definition) is 2. The average Bonchev–Trinajstić information content (AvgIpc) is 2.41. The standard InChI is InChI=1S/C16H18N2OS/c1-3-19-15-10-5-4-9-14(15)18-16(20)17-13-8-6-7-12(2)11-13/h4-11H,3H2,1-2H3,(H2,17,18,20). The zero-order chi connectivity index (χ0) is 14.4. The molecule has 0 aromatic heterocycles. The highest BCUT2D eigenvalue weighted by molar-refractivity contribution is 7.80. The molecule has 0 saturated carbocycles. The summed E-state index contributed by atoms with van der Waals surface area (Å²) < 4.78 is 5.56. The molecule has 2 N–H and O–H groups in total. The Morgan fingerprint density at radius 2 is 1.90 bits per heavy atom. The Balaban J connectivity index is 2.05. The van der Waals surface area contributed by atoms with Crippen LogP contribution in [0.2, 0.25) is 0 Å². The van der Waals surface area contributed by atoms with Gasteiger partial charge in [0.2, 0.25) is 0 Å². The van der Waals surface area contributed by atoms with E-state index < -0.39 is 0 Å². The lowest BCUT2D eigenvalue weighted by molar-refractivity contribution is 0.342. The third-order valence-corrected chi connectivity index (χ3v) is 2.92. The first-order valence-corrected chi connectivity index (χ1v) is 6.96.